The number of rotatable bonds is 5. The fraction of sp³-hybridized carbons (Fsp3) is 0.333. The number of carbonyl (C=O) groups is 2. The molecule has 6 nitrogen and oxygen atoms in total. The van der Waals surface area contributed by atoms with E-state index < -0.39 is 35.5 Å². The van der Waals surface area contributed by atoms with Crippen molar-refractivity contribution in [2.45, 2.75) is 44.1 Å². The lowest BCUT2D eigenvalue weighted by Crippen LogP contribution is -2.57. The third kappa shape index (κ3) is 4.33. The first-order chi connectivity index (χ1) is 14.2. The summed E-state index contributed by atoms with van der Waals surface area (Å²) in [5.74, 6) is -2.47. The number of aromatic hydroxyl groups is 1. The van der Waals surface area contributed by atoms with E-state index in [0.29, 0.717) is 11.1 Å². The van der Waals surface area contributed by atoms with Gasteiger partial charge in [0, 0.05) is 17.7 Å². The number of halogens is 4. The molecule has 0 aliphatic carbocycles. The number of ether oxygens (including phenoxy) is 1. The molecule has 0 saturated heterocycles. The lowest BCUT2D eigenvalue weighted by Gasteiger charge is -2.36. The molecule has 1 aliphatic rings. The second-order valence-electron chi connectivity index (χ2n) is 7.99. The monoisotopic (exact) mass is 457 g/mol. The fourth-order valence-electron chi connectivity index (χ4n) is 3.42. The van der Waals surface area contributed by atoms with Crippen LogP contribution in [-0.2, 0) is 21.6 Å². The van der Waals surface area contributed by atoms with Crippen molar-refractivity contribution in [3.05, 3.63) is 58.1 Å². The molecule has 0 bridgehead atoms. The summed E-state index contributed by atoms with van der Waals surface area (Å²) < 4.78 is 46.5. The first-order valence-corrected chi connectivity index (χ1v) is 9.52. The van der Waals surface area contributed by atoms with Crippen molar-refractivity contribution in [2.75, 3.05) is 5.32 Å². The van der Waals surface area contributed by atoms with E-state index in [2.05, 4.69) is 5.32 Å². The van der Waals surface area contributed by atoms with Gasteiger partial charge in [0.1, 0.15) is 12.4 Å². The molecule has 166 valence electrons. The highest BCUT2D eigenvalue weighted by Crippen LogP contribution is 2.43. The number of alkyl halides is 3. The number of hydrogen-bond acceptors (Lipinski definition) is 5. The molecule has 1 aliphatic heterocycles. The molecular weight excluding hydrogens is 439 g/mol. The van der Waals surface area contributed by atoms with E-state index in [-0.39, 0.29) is 28.6 Å². The van der Waals surface area contributed by atoms with Gasteiger partial charge in [-0.25, -0.2) is 4.79 Å². The molecule has 0 fully saturated rings. The van der Waals surface area contributed by atoms with Gasteiger partial charge in [-0.15, -0.1) is 0 Å². The molecule has 0 radical (unpaired) electrons. The number of fused-ring (bicyclic) bond motifs is 1. The molecule has 1 heterocycles. The Morgan fingerprint density at radius 2 is 1.87 bits per heavy atom. The van der Waals surface area contributed by atoms with Gasteiger partial charge in [-0.3, -0.25) is 4.79 Å². The van der Waals surface area contributed by atoms with Crippen LogP contribution >= 0.6 is 11.6 Å². The largest absolute Gasteiger partial charge is 0.506 e. The number of phenols is 1. The number of phenolic OH excluding ortho intramolecular Hbond substituents is 1. The first-order valence-electron chi connectivity index (χ1n) is 9.14. The predicted molar refractivity (Wildman–Crippen MR) is 106 cm³/mol. The molecule has 2 aromatic carbocycles. The number of benzene rings is 2. The van der Waals surface area contributed by atoms with Gasteiger partial charge in [-0.1, -0.05) is 31.5 Å². The predicted octanol–water partition coefficient (Wildman–Crippen LogP) is 4.32. The van der Waals surface area contributed by atoms with Crippen LogP contribution in [0.5, 0.6) is 5.75 Å². The van der Waals surface area contributed by atoms with E-state index in [1.807, 2.05) is 0 Å². The van der Waals surface area contributed by atoms with Crippen LogP contribution in [0.25, 0.3) is 0 Å². The topological polar surface area (TPSA) is 95.9 Å². The van der Waals surface area contributed by atoms with Gasteiger partial charge >= 0.3 is 12.1 Å². The summed E-state index contributed by atoms with van der Waals surface area (Å²) in [4.78, 5) is 24.1. The SMILES string of the molecule is CC(C)(CC(O)(C(=O)Nc1ccc2c(c1)COC2=O)C(F)(F)F)c1ccc(O)c(Cl)c1. The number of carbonyl (C=O) groups excluding carboxylic acids is 2. The molecule has 3 N–H and O–H groups in total. The van der Waals surface area contributed by atoms with Gasteiger partial charge in [0.15, 0.2) is 0 Å². The van der Waals surface area contributed by atoms with Crippen molar-refractivity contribution in [3.63, 3.8) is 0 Å². The number of anilines is 1. The van der Waals surface area contributed by atoms with Crippen molar-refractivity contribution in [1.82, 2.24) is 0 Å². The minimum absolute atomic E-state index is 0.0183. The average molecular weight is 458 g/mol. The van der Waals surface area contributed by atoms with Gasteiger partial charge in [0.2, 0.25) is 5.60 Å². The zero-order valence-corrected chi connectivity index (χ0v) is 17.3. The normalized spacial score (nSPS) is 15.8. The minimum Gasteiger partial charge on any atom is -0.506 e. The molecule has 2 aromatic rings. The summed E-state index contributed by atoms with van der Waals surface area (Å²) in [7, 11) is 0. The van der Waals surface area contributed by atoms with Gasteiger partial charge in [-0.05, 0) is 41.3 Å². The average Bonchev–Trinajstić information content (AvgIpc) is 3.02. The number of esters is 1. The van der Waals surface area contributed by atoms with Crippen LogP contribution in [0.1, 0.15) is 41.8 Å². The Morgan fingerprint density at radius 3 is 2.48 bits per heavy atom. The molecule has 10 heteroatoms. The molecule has 0 spiro atoms. The van der Waals surface area contributed by atoms with Crippen molar-refractivity contribution in [3.8, 4) is 5.75 Å². The van der Waals surface area contributed by atoms with Gasteiger partial charge in [-0.2, -0.15) is 13.2 Å². The van der Waals surface area contributed by atoms with Crippen LogP contribution in [0.4, 0.5) is 18.9 Å². The molecule has 1 amide bonds. The number of nitrogens with one attached hydrogen (secondary N) is 1. The second kappa shape index (κ2) is 7.72. The zero-order chi connectivity index (χ0) is 23.2. The maximum atomic E-state index is 13.9. The maximum absolute atomic E-state index is 13.9. The van der Waals surface area contributed by atoms with Gasteiger partial charge < -0.3 is 20.3 Å². The third-order valence-electron chi connectivity index (χ3n) is 5.21. The van der Waals surface area contributed by atoms with Crippen LogP contribution in [0.3, 0.4) is 0 Å². The summed E-state index contributed by atoms with van der Waals surface area (Å²) in [5.41, 5.74) is -4.13. The lowest BCUT2D eigenvalue weighted by molar-refractivity contribution is -0.254. The van der Waals surface area contributed by atoms with E-state index in [0.717, 1.165) is 0 Å². The molecule has 1 atom stereocenters. The molecule has 1 unspecified atom stereocenters. The van der Waals surface area contributed by atoms with Crippen LogP contribution in [0.15, 0.2) is 36.4 Å². The highest BCUT2D eigenvalue weighted by atomic mass is 35.5. The zero-order valence-electron chi connectivity index (χ0n) is 16.5. The van der Waals surface area contributed by atoms with Gasteiger partial charge in [0.25, 0.3) is 5.91 Å². The van der Waals surface area contributed by atoms with Crippen molar-refractivity contribution in [1.29, 1.82) is 0 Å². The number of aliphatic hydroxyl groups is 1. The van der Waals surface area contributed by atoms with Gasteiger partial charge in [0.05, 0.1) is 10.6 Å². The maximum Gasteiger partial charge on any atom is 0.426 e. The smallest absolute Gasteiger partial charge is 0.426 e. The fourth-order valence-corrected chi connectivity index (χ4v) is 3.60. The van der Waals surface area contributed by atoms with Crippen molar-refractivity contribution >= 4 is 29.2 Å². The van der Waals surface area contributed by atoms with E-state index in [1.165, 1.54) is 50.2 Å². The summed E-state index contributed by atoms with van der Waals surface area (Å²) in [6.07, 6.45) is -6.30. The lowest BCUT2D eigenvalue weighted by atomic mass is 9.74. The quantitative estimate of drug-likeness (QED) is 0.581. The number of amides is 1. The van der Waals surface area contributed by atoms with Crippen LogP contribution in [-0.4, -0.2) is 33.9 Å². The van der Waals surface area contributed by atoms with Crippen LogP contribution in [0, 0.1) is 0 Å². The Labute approximate surface area is 180 Å². The van der Waals surface area contributed by atoms with E-state index >= 15 is 0 Å². The third-order valence-corrected chi connectivity index (χ3v) is 5.52. The molecule has 0 saturated carbocycles. The Hall–Kier alpha value is -2.78. The van der Waals surface area contributed by atoms with Crippen LogP contribution in [0.2, 0.25) is 5.02 Å². The number of cyclic esters (lactones) is 1. The standard InChI is InChI=1S/C21H19ClF3NO5/c1-19(2,12-3-6-16(27)15(22)8-12)10-20(30,21(23,24)25)18(29)26-13-4-5-14-11(7-13)9-31-17(14)28/h3-8,27,30H,9-10H2,1-2H3,(H,26,29). The highest BCUT2D eigenvalue weighted by molar-refractivity contribution is 6.32. The molecular formula is C21H19ClF3NO5. The molecule has 0 aromatic heterocycles. The Kier molecular flexibility index (Phi) is 5.70. The Balaban J connectivity index is 1.90. The molecule has 3 rings (SSSR count). The van der Waals surface area contributed by atoms with Crippen molar-refractivity contribution in [2.24, 2.45) is 0 Å². The van der Waals surface area contributed by atoms with E-state index in [9.17, 15) is 33.0 Å². The first kappa shape index (κ1) is 22.9. The number of hydrogen-bond donors (Lipinski definition) is 3. The van der Waals surface area contributed by atoms with Crippen molar-refractivity contribution < 1.29 is 37.7 Å². The Bertz CT molecular complexity index is 1050. The highest BCUT2D eigenvalue weighted by Gasteiger charge is 2.61. The van der Waals surface area contributed by atoms with E-state index in [4.69, 9.17) is 16.3 Å². The molecule has 31 heavy (non-hydrogen) atoms. The van der Waals surface area contributed by atoms with Crippen LogP contribution < -0.4 is 5.32 Å². The van der Waals surface area contributed by atoms with E-state index in [1.54, 1.807) is 0 Å². The minimum atomic E-state index is -5.29. The summed E-state index contributed by atoms with van der Waals surface area (Å²) in [6.45, 7) is 2.77. The Morgan fingerprint density at radius 1 is 1.19 bits per heavy atom. The summed E-state index contributed by atoms with van der Waals surface area (Å²) in [5, 5.41) is 22.1. The summed E-state index contributed by atoms with van der Waals surface area (Å²) in [6, 6.07) is 7.77. The second-order valence-corrected chi connectivity index (χ2v) is 8.39. The summed E-state index contributed by atoms with van der Waals surface area (Å²) >= 11 is 5.86.